The van der Waals surface area contributed by atoms with Gasteiger partial charge < -0.3 is 9.84 Å². The molecule has 2 aromatic rings. The van der Waals surface area contributed by atoms with Crippen LogP contribution in [0.25, 0.3) is 6.08 Å². The van der Waals surface area contributed by atoms with Crippen LogP contribution in [-0.4, -0.2) is 35.0 Å². The molecule has 9 heteroatoms. The van der Waals surface area contributed by atoms with Gasteiger partial charge in [-0.15, -0.1) is 0 Å². The molecule has 4 amide bonds. The van der Waals surface area contributed by atoms with E-state index in [4.69, 9.17) is 9.84 Å². The SMILES string of the molecule is CC(Oc1ccc(C=C2C(=O)NC(=O)N(c3ccccc3F)C2=O)cc1)C(=O)O. The van der Waals surface area contributed by atoms with Crippen molar-refractivity contribution in [1.82, 2.24) is 5.32 Å². The van der Waals surface area contributed by atoms with Gasteiger partial charge in [-0.1, -0.05) is 24.3 Å². The van der Waals surface area contributed by atoms with Crippen LogP contribution in [0.2, 0.25) is 0 Å². The quantitative estimate of drug-likeness (QED) is 0.591. The fourth-order valence-corrected chi connectivity index (χ4v) is 2.57. The fraction of sp³-hybridized carbons (Fsp3) is 0.100. The predicted octanol–water partition coefficient (Wildman–Crippen LogP) is 2.34. The number of imide groups is 2. The number of barbiturate groups is 1. The zero-order valence-corrected chi connectivity index (χ0v) is 15.1. The Labute approximate surface area is 164 Å². The van der Waals surface area contributed by atoms with Crippen LogP contribution in [0.5, 0.6) is 5.75 Å². The summed E-state index contributed by atoms with van der Waals surface area (Å²) >= 11 is 0. The molecular weight excluding hydrogens is 383 g/mol. The fourth-order valence-electron chi connectivity index (χ4n) is 2.57. The molecule has 1 aliphatic rings. The van der Waals surface area contributed by atoms with Crippen molar-refractivity contribution in [2.24, 2.45) is 0 Å². The third-order valence-corrected chi connectivity index (χ3v) is 4.05. The van der Waals surface area contributed by atoms with E-state index in [1.807, 2.05) is 5.32 Å². The number of aliphatic carboxylic acids is 1. The molecule has 0 aliphatic carbocycles. The Hall–Kier alpha value is -4.01. The first-order valence-electron chi connectivity index (χ1n) is 8.43. The molecule has 0 bridgehead atoms. The molecule has 1 aliphatic heterocycles. The van der Waals surface area contributed by atoms with Crippen LogP contribution in [0, 0.1) is 5.82 Å². The molecule has 29 heavy (non-hydrogen) atoms. The summed E-state index contributed by atoms with van der Waals surface area (Å²) in [5, 5.41) is 10.9. The van der Waals surface area contributed by atoms with Crippen LogP contribution in [0.1, 0.15) is 12.5 Å². The van der Waals surface area contributed by atoms with Gasteiger partial charge in [-0.3, -0.25) is 14.9 Å². The van der Waals surface area contributed by atoms with E-state index in [1.165, 1.54) is 55.5 Å². The lowest BCUT2D eigenvalue weighted by Crippen LogP contribution is -2.54. The molecule has 148 valence electrons. The number of rotatable bonds is 5. The van der Waals surface area contributed by atoms with Crippen molar-refractivity contribution < 1.29 is 33.4 Å². The molecule has 2 N–H and O–H groups in total. The number of ether oxygens (including phenoxy) is 1. The van der Waals surface area contributed by atoms with Crippen molar-refractivity contribution in [3.63, 3.8) is 0 Å². The van der Waals surface area contributed by atoms with Crippen molar-refractivity contribution in [3.8, 4) is 5.75 Å². The second kappa shape index (κ2) is 7.93. The van der Waals surface area contributed by atoms with E-state index in [1.54, 1.807) is 0 Å². The van der Waals surface area contributed by atoms with Gasteiger partial charge in [0.15, 0.2) is 6.10 Å². The van der Waals surface area contributed by atoms with Gasteiger partial charge in [0, 0.05) is 0 Å². The second-order valence-electron chi connectivity index (χ2n) is 6.08. The van der Waals surface area contributed by atoms with Gasteiger partial charge in [-0.05, 0) is 42.8 Å². The lowest BCUT2D eigenvalue weighted by molar-refractivity contribution is -0.144. The molecule has 1 unspecified atom stereocenters. The van der Waals surface area contributed by atoms with Crippen LogP contribution in [0.4, 0.5) is 14.9 Å². The number of hydrogen-bond donors (Lipinski definition) is 2. The minimum atomic E-state index is -1.13. The lowest BCUT2D eigenvalue weighted by Gasteiger charge is -2.26. The summed E-state index contributed by atoms with van der Waals surface area (Å²) in [6, 6.07) is 10.1. The first kappa shape index (κ1) is 19.7. The van der Waals surface area contributed by atoms with Crippen LogP contribution in [0.3, 0.4) is 0 Å². The first-order chi connectivity index (χ1) is 13.8. The molecule has 0 spiro atoms. The normalized spacial score (nSPS) is 16.6. The maximum atomic E-state index is 14.0. The van der Waals surface area contributed by atoms with Crippen molar-refractivity contribution in [2.75, 3.05) is 4.90 Å². The predicted molar refractivity (Wildman–Crippen MR) is 99.6 cm³/mol. The molecule has 1 atom stereocenters. The van der Waals surface area contributed by atoms with Crippen LogP contribution in [-0.2, 0) is 14.4 Å². The highest BCUT2D eigenvalue weighted by atomic mass is 19.1. The van der Waals surface area contributed by atoms with E-state index in [-0.39, 0.29) is 17.0 Å². The number of amides is 4. The summed E-state index contributed by atoms with van der Waals surface area (Å²) in [7, 11) is 0. The molecule has 1 heterocycles. The summed E-state index contributed by atoms with van der Waals surface area (Å²) in [6.07, 6.45) is 0.188. The molecule has 2 aromatic carbocycles. The van der Waals surface area contributed by atoms with Crippen molar-refractivity contribution in [1.29, 1.82) is 0 Å². The third-order valence-electron chi connectivity index (χ3n) is 4.05. The summed E-state index contributed by atoms with van der Waals surface area (Å²) in [5.74, 6) is -3.52. The van der Waals surface area contributed by atoms with Gasteiger partial charge in [0.2, 0.25) is 0 Å². The Morgan fingerprint density at radius 3 is 2.41 bits per heavy atom. The van der Waals surface area contributed by atoms with Gasteiger partial charge in [-0.2, -0.15) is 0 Å². The van der Waals surface area contributed by atoms with E-state index < -0.39 is 35.7 Å². The van der Waals surface area contributed by atoms with Gasteiger partial charge >= 0.3 is 12.0 Å². The van der Waals surface area contributed by atoms with Gasteiger partial charge in [0.25, 0.3) is 11.8 Å². The van der Waals surface area contributed by atoms with E-state index in [0.717, 1.165) is 6.07 Å². The van der Waals surface area contributed by atoms with Crippen LogP contribution in [0.15, 0.2) is 54.1 Å². The van der Waals surface area contributed by atoms with Gasteiger partial charge in [-0.25, -0.2) is 18.9 Å². The topological polar surface area (TPSA) is 113 Å². The molecule has 1 saturated heterocycles. The number of anilines is 1. The number of carboxylic acids is 1. The zero-order chi connectivity index (χ0) is 21.1. The number of carboxylic acid groups (broad SMARTS) is 1. The first-order valence-corrected chi connectivity index (χ1v) is 8.43. The number of carbonyl (C=O) groups is 4. The highest BCUT2D eigenvalue weighted by Gasteiger charge is 2.37. The molecule has 0 aromatic heterocycles. The third kappa shape index (κ3) is 4.13. The van der Waals surface area contributed by atoms with E-state index >= 15 is 0 Å². The summed E-state index contributed by atoms with van der Waals surface area (Å²) in [4.78, 5) is 48.3. The average molecular weight is 398 g/mol. The lowest BCUT2D eigenvalue weighted by atomic mass is 10.1. The Bertz CT molecular complexity index is 1030. The zero-order valence-electron chi connectivity index (χ0n) is 15.1. The molecule has 0 radical (unpaired) electrons. The Morgan fingerprint density at radius 2 is 1.79 bits per heavy atom. The minimum absolute atomic E-state index is 0.278. The Balaban J connectivity index is 1.89. The average Bonchev–Trinajstić information content (AvgIpc) is 2.67. The van der Waals surface area contributed by atoms with Gasteiger partial charge in [0.1, 0.15) is 17.1 Å². The molecule has 8 nitrogen and oxygen atoms in total. The molecular formula is C20H15FN2O6. The number of para-hydroxylation sites is 1. The number of halogens is 1. The number of carbonyl (C=O) groups excluding carboxylic acids is 3. The Kier molecular flexibility index (Phi) is 5.40. The standard InChI is InChI=1S/C20H15FN2O6/c1-11(19(26)27)29-13-8-6-12(7-9-13)10-14-17(24)22-20(28)23(18(14)25)16-5-3-2-4-15(16)21/h2-11H,1H3,(H,26,27)(H,22,24,28). The minimum Gasteiger partial charge on any atom is -0.479 e. The van der Waals surface area contributed by atoms with Crippen molar-refractivity contribution in [3.05, 3.63) is 65.5 Å². The van der Waals surface area contributed by atoms with Gasteiger partial charge in [0.05, 0.1) is 5.69 Å². The van der Waals surface area contributed by atoms with Crippen molar-refractivity contribution in [2.45, 2.75) is 13.0 Å². The highest BCUT2D eigenvalue weighted by molar-refractivity contribution is 6.39. The molecule has 3 rings (SSSR count). The van der Waals surface area contributed by atoms with E-state index in [2.05, 4.69) is 0 Å². The Morgan fingerprint density at radius 1 is 1.14 bits per heavy atom. The number of nitrogens with zero attached hydrogens (tertiary/aromatic N) is 1. The van der Waals surface area contributed by atoms with Crippen molar-refractivity contribution >= 4 is 35.6 Å². The van der Waals surface area contributed by atoms with Crippen LogP contribution >= 0.6 is 0 Å². The highest BCUT2D eigenvalue weighted by Crippen LogP contribution is 2.25. The summed E-state index contributed by atoms with van der Waals surface area (Å²) < 4.78 is 19.2. The molecule has 1 fully saturated rings. The molecule has 0 saturated carbocycles. The van der Waals surface area contributed by atoms with E-state index in [0.29, 0.717) is 10.5 Å². The number of nitrogens with one attached hydrogen (secondary N) is 1. The maximum absolute atomic E-state index is 14.0. The monoisotopic (exact) mass is 398 g/mol. The number of hydrogen-bond acceptors (Lipinski definition) is 5. The second-order valence-corrected chi connectivity index (χ2v) is 6.08. The summed E-state index contributed by atoms with van der Waals surface area (Å²) in [5.41, 5.74) is -0.220. The number of benzene rings is 2. The van der Waals surface area contributed by atoms with Crippen LogP contribution < -0.4 is 15.0 Å². The largest absolute Gasteiger partial charge is 0.479 e. The maximum Gasteiger partial charge on any atom is 0.344 e. The van der Waals surface area contributed by atoms with E-state index in [9.17, 15) is 23.6 Å². The summed E-state index contributed by atoms with van der Waals surface area (Å²) in [6.45, 7) is 1.37. The smallest absolute Gasteiger partial charge is 0.344 e. The number of urea groups is 1.